The van der Waals surface area contributed by atoms with Crippen LogP contribution < -0.4 is 14.8 Å². The monoisotopic (exact) mass is 195 g/mol. The van der Waals surface area contributed by atoms with E-state index in [0.717, 1.165) is 12.1 Å². The maximum atomic E-state index is 9.80. The lowest BCUT2D eigenvalue weighted by atomic mass is 10.1. The molecule has 1 aromatic carbocycles. The maximum Gasteiger partial charge on any atom is 0.164 e. The molecule has 1 atom stereocenters. The number of hydrogen-bond acceptors (Lipinski definition) is 4. The third-order valence-corrected chi connectivity index (χ3v) is 2.32. The number of aromatic hydroxyl groups is 1. The van der Waals surface area contributed by atoms with E-state index in [4.69, 9.17) is 9.47 Å². The van der Waals surface area contributed by atoms with Crippen molar-refractivity contribution in [3.8, 4) is 17.2 Å². The number of rotatable bonds is 3. The van der Waals surface area contributed by atoms with Gasteiger partial charge in [-0.1, -0.05) is 0 Å². The molecule has 76 valence electrons. The molecule has 0 radical (unpaired) electrons. The first-order valence-electron chi connectivity index (χ1n) is 4.44. The fourth-order valence-electron chi connectivity index (χ4n) is 1.42. The van der Waals surface area contributed by atoms with Gasteiger partial charge >= 0.3 is 0 Å². The summed E-state index contributed by atoms with van der Waals surface area (Å²) in [6.07, 6.45) is 0. The third-order valence-electron chi connectivity index (χ3n) is 2.32. The molecule has 1 aromatic rings. The highest BCUT2D eigenvalue weighted by Crippen LogP contribution is 2.40. The van der Waals surface area contributed by atoms with Gasteiger partial charge in [0.1, 0.15) is 5.75 Å². The van der Waals surface area contributed by atoms with Crippen LogP contribution in [0.4, 0.5) is 0 Å². The second-order valence-corrected chi connectivity index (χ2v) is 3.23. The van der Waals surface area contributed by atoms with Crippen molar-refractivity contribution in [3.05, 3.63) is 17.7 Å². The lowest BCUT2D eigenvalue weighted by molar-refractivity contribution is 0.361. The van der Waals surface area contributed by atoms with Gasteiger partial charge in [0, 0.05) is 24.2 Å². The van der Waals surface area contributed by atoms with Crippen LogP contribution in [0, 0.1) is 0 Å². The number of benzene rings is 1. The van der Waals surface area contributed by atoms with E-state index in [1.54, 1.807) is 13.2 Å². The number of hydrogen-bond donors (Lipinski definition) is 2. The molecule has 0 bridgehead atoms. The Morgan fingerprint density at radius 3 is 2.57 bits per heavy atom. The molecule has 4 heteroatoms. The third kappa shape index (κ3) is 1.48. The van der Waals surface area contributed by atoms with Crippen molar-refractivity contribution < 1.29 is 14.6 Å². The second kappa shape index (κ2) is 3.38. The minimum absolute atomic E-state index is 0.198. The predicted octanol–water partition coefficient (Wildman–Crippen LogP) is 1.05. The summed E-state index contributed by atoms with van der Waals surface area (Å²) in [4.78, 5) is 0. The Labute approximate surface area is 82.5 Å². The summed E-state index contributed by atoms with van der Waals surface area (Å²) in [6, 6.07) is 3.72. The summed E-state index contributed by atoms with van der Waals surface area (Å²) in [6.45, 7) is 0.893. The molecule has 0 amide bonds. The molecule has 0 aromatic heterocycles. The Bertz CT molecular complexity index is 347. The molecule has 2 rings (SSSR count). The fourth-order valence-corrected chi connectivity index (χ4v) is 1.42. The van der Waals surface area contributed by atoms with E-state index in [-0.39, 0.29) is 11.8 Å². The Morgan fingerprint density at radius 2 is 2.07 bits per heavy atom. The predicted molar refractivity (Wildman–Crippen MR) is 52.0 cm³/mol. The van der Waals surface area contributed by atoms with Crippen LogP contribution in [0.1, 0.15) is 11.6 Å². The number of phenols is 1. The number of methoxy groups -OCH3 is 2. The van der Waals surface area contributed by atoms with E-state index in [0.29, 0.717) is 11.5 Å². The zero-order valence-electron chi connectivity index (χ0n) is 8.20. The van der Waals surface area contributed by atoms with Gasteiger partial charge in [0.25, 0.3) is 0 Å². The van der Waals surface area contributed by atoms with Gasteiger partial charge in [0.05, 0.1) is 14.2 Å². The molecule has 2 N–H and O–H groups in total. The van der Waals surface area contributed by atoms with Crippen LogP contribution in [-0.2, 0) is 0 Å². The summed E-state index contributed by atoms with van der Waals surface area (Å²) in [7, 11) is 3.12. The smallest absolute Gasteiger partial charge is 0.164 e. The van der Waals surface area contributed by atoms with E-state index in [1.165, 1.54) is 7.11 Å². The average Bonchev–Trinajstić information content (AvgIpc) is 3.02. The van der Waals surface area contributed by atoms with Crippen LogP contribution >= 0.6 is 0 Å². The zero-order valence-corrected chi connectivity index (χ0v) is 8.20. The van der Waals surface area contributed by atoms with Gasteiger partial charge in [0.2, 0.25) is 0 Å². The van der Waals surface area contributed by atoms with E-state index < -0.39 is 0 Å². The Hall–Kier alpha value is -1.42. The van der Waals surface area contributed by atoms with Crippen molar-refractivity contribution in [2.75, 3.05) is 20.8 Å². The highest BCUT2D eigenvalue weighted by atomic mass is 16.5. The van der Waals surface area contributed by atoms with Gasteiger partial charge in [-0.2, -0.15) is 0 Å². The summed E-state index contributed by atoms with van der Waals surface area (Å²) in [5.74, 6) is 1.35. The van der Waals surface area contributed by atoms with Crippen molar-refractivity contribution in [1.82, 2.24) is 5.32 Å². The molecule has 0 spiro atoms. The van der Waals surface area contributed by atoms with Crippen molar-refractivity contribution in [3.63, 3.8) is 0 Å². The first-order chi connectivity index (χ1) is 6.76. The van der Waals surface area contributed by atoms with E-state index in [1.807, 2.05) is 6.07 Å². The topological polar surface area (TPSA) is 60.6 Å². The lowest BCUT2D eigenvalue weighted by Gasteiger charge is -2.10. The van der Waals surface area contributed by atoms with Gasteiger partial charge in [0.15, 0.2) is 11.5 Å². The van der Waals surface area contributed by atoms with Crippen LogP contribution in [0.5, 0.6) is 17.2 Å². The standard InChI is InChI=1S/C10H13NO3/c1-13-6-3-7(8-5-11-8)10(12)9(4-6)14-2/h3-4,8,11-12H,5H2,1-2H3/t8-/m1/s1. The van der Waals surface area contributed by atoms with Gasteiger partial charge in [-0.15, -0.1) is 0 Å². The summed E-state index contributed by atoms with van der Waals surface area (Å²) in [5.41, 5.74) is 0.834. The fraction of sp³-hybridized carbons (Fsp3) is 0.400. The molecular weight excluding hydrogens is 182 g/mol. The van der Waals surface area contributed by atoms with Crippen LogP contribution in [0.25, 0.3) is 0 Å². The Kier molecular flexibility index (Phi) is 2.21. The van der Waals surface area contributed by atoms with Crippen molar-refractivity contribution in [2.45, 2.75) is 6.04 Å². The Morgan fingerprint density at radius 1 is 1.36 bits per heavy atom. The molecule has 1 aliphatic rings. The summed E-state index contributed by atoms with van der Waals surface area (Å²) in [5, 5.41) is 12.9. The summed E-state index contributed by atoms with van der Waals surface area (Å²) >= 11 is 0. The molecule has 0 unspecified atom stereocenters. The normalized spacial score (nSPS) is 19.1. The molecular formula is C10H13NO3. The quantitative estimate of drug-likeness (QED) is 0.708. The van der Waals surface area contributed by atoms with Gasteiger partial charge < -0.3 is 19.9 Å². The Balaban J connectivity index is 2.45. The van der Waals surface area contributed by atoms with Gasteiger partial charge in [-0.25, -0.2) is 0 Å². The van der Waals surface area contributed by atoms with Crippen LogP contribution in [0.3, 0.4) is 0 Å². The molecule has 1 aliphatic heterocycles. The molecule has 1 fully saturated rings. The number of ether oxygens (including phenoxy) is 2. The molecule has 0 aliphatic carbocycles. The van der Waals surface area contributed by atoms with E-state index in [9.17, 15) is 5.11 Å². The highest BCUT2D eigenvalue weighted by Gasteiger charge is 2.27. The number of nitrogens with one attached hydrogen (secondary N) is 1. The van der Waals surface area contributed by atoms with E-state index in [2.05, 4.69) is 5.32 Å². The van der Waals surface area contributed by atoms with Crippen molar-refractivity contribution >= 4 is 0 Å². The lowest BCUT2D eigenvalue weighted by Crippen LogP contribution is -1.93. The minimum atomic E-state index is 0.198. The average molecular weight is 195 g/mol. The zero-order chi connectivity index (χ0) is 10.1. The van der Waals surface area contributed by atoms with Crippen molar-refractivity contribution in [2.24, 2.45) is 0 Å². The summed E-state index contributed by atoms with van der Waals surface area (Å²) < 4.78 is 10.2. The van der Waals surface area contributed by atoms with Crippen molar-refractivity contribution in [1.29, 1.82) is 0 Å². The molecule has 0 saturated carbocycles. The molecule has 1 heterocycles. The first-order valence-corrected chi connectivity index (χ1v) is 4.44. The van der Waals surface area contributed by atoms with E-state index >= 15 is 0 Å². The number of phenolic OH excluding ortho intramolecular Hbond substituents is 1. The van der Waals surface area contributed by atoms with Crippen LogP contribution in [0.15, 0.2) is 12.1 Å². The van der Waals surface area contributed by atoms with Crippen LogP contribution in [-0.4, -0.2) is 25.9 Å². The second-order valence-electron chi connectivity index (χ2n) is 3.23. The highest BCUT2D eigenvalue weighted by molar-refractivity contribution is 5.53. The van der Waals surface area contributed by atoms with Crippen LogP contribution in [0.2, 0.25) is 0 Å². The van der Waals surface area contributed by atoms with Gasteiger partial charge in [-0.3, -0.25) is 0 Å². The SMILES string of the molecule is COc1cc(OC)c(O)c([C@H]2CN2)c1. The van der Waals surface area contributed by atoms with Gasteiger partial charge in [-0.05, 0) is 6.07 Å². The molecule has 1 saturated heterocycles. The maximum absolute atomic E-state index is 9.80. The minimum Gasteiger partial charge on any atom is -0.504 e. The molecule has 4 nitrogen and oxygen atoms in total. The largest absolute Gasteiger partial charge is 0.504 e. The first kappa shape index (κ1) is 9.15. The molecule has 14 heavy (non-hydrogen) atoms.